The Bertz CT molecular complexity index is 1080. The van der Waals surface area contributed by atoms with Crippen molar-refractivity contribution >= 4 is 11.6 Å². The summed E-state index contributed by atoms with van der Waals surface area (Å²) in [6, 6.07) is 10.3. The lowest BCUT2D eigenvalue weighted by Gasteiger charge is -2.30. The maximum absolute atomic E-state index is 14.6. The molecule has 2 aromatic carbocycles. The summed E-state index contributed by atoms with van der Waals surface area (Å²) in [4.78, 5) is 17.2. The van der Waals surface area contributed by atoms with Crippen LogP contribution in [0.25, 0.3) is 5.69 Å². The van der Waals surface area contributed by atoms with Gasteiger partial charge in [0.25, 0.3) is 0 Å². The van der Waals surface area contributed by atoms with E-state index >= 15 is 0 Å². The quantitative estimate of drug-likeness (QED) is 0.713. The Kier molecular flexibility index (Phi) is 4.61. The standard InChI is InChI=1S/C22H21FN4O3/c23-17-12-16(4-5-18(17)27-14-24-13-25-27)26-21(28)22(7-1-2-8-22)15-3-6-19-20(11-15)30-10-9-29-19/h3-6,11-14H,1-2,7-10H2,(H,26,28). The zero-order valence-corrected chi connectivity index (χ0v) is 16.3. The van der Waals surface area contributed by atoms with Crippen LogP contribution in [0.2, 0.25) is 0 Å². The van der Waals surface area contributed by atoms with Crippen molar-refractivity contribution in [1.29, 1.82) is 0 Å². The van der Waals surface area contributed by atoms with E-state index in [1.807, 2.05) is 18.2 Å². The van der Waals surface area contributed by atoms with Crippen LogP contribution in [0, 0.1) is 5.82 Å². The Balaban J connectivity index is 1.43. The number of rotatable bonds is 4. The number of nitrogens with one attached hydrogen (secondary N) is 1. The molecule has 2 heterocycles. The van der Waals surface area contributed by atoms with Gasteiger partial charge in [0.1, 0.15) is 31.6 Å². The monoisotopic (exact) mass is 408 g/mol. The van der Waals surface area contributed by atoms with Crippen LogP contribution in [-0.4, -0.2) is 33.9 Å². The van der Waals surface area contributed by atoms with Crippen molar-refractivity contribution in [2.24, 2.45) is 0 Å². The third kappa shape index (κ3) is 3.18. The fourth-order valence-corrected chi connectivity index (χ4v) is 4.32. The molecule has 1 aromatic heterocycles. The number of amides is 1. The van der Waals surface area contributed by atoms with Crippen molar-refractivity contribution in [1.82, 2.24) is 14.8 Å². The minimum absolute atomic E-state index is 0.135. The highest BCUT2D eigenvalue weighted by atomic mass is 19.1. The minimum atomic E-state index is -0.670. The van der Waals surface area contributed by atoms with Gasteiger partial charge in [-0.25, -0.2) is 14.1 Å². The molecular formula is C22H21FN4O3. The number of hydrogen-bond donors (Lipinski definition) is 1. The van der Waals surface area contributed by atoms with Crippen molar-refractivity contribution in [3.8, 4) is 17.2 Å². The molecule has 3 aromatic rings. The van der Waals surface area contributed by atoms with E-state index in [2.05, 4.69) is 15.4 Å². The van der Waals surface area contributed by atoms with E-state index < -0.39 is 11.2 Å². The highest BCUT2D eigenvalue weighted by Crippen LogP contribution is 2.45. The van der Waals surface area contributed by atoms with E-state index in [1.165, 1.54) is 23.4 Å². The second-order valence-corrected chi connectivity index (χ2v) is 7.61. The third-order valence-electron chi connectivity index (χ3n) is 5.86. The number of carbonyl (C=O) groups excluding carboxylic acids is 1. The average molecular weight is 408 g/mol. The largest absolute Gasteiger partial charge is 0.486 e. The number of nitrogens with zero attached hydrogens (tertiary/aromatic N) is 3. The fraction of sp³-hybridized carbons (Fsp3) is 0.318. The van der Waals surface area contributed by atoms with Gasteiger partial charge in [0, 0.05) is 5.69 Å². The lowest BCUT2D eigenvalue weighted by molar-refractivity contribution is -0.121. The van der Waals surface area contributed by atoms with Gasteiger partial charge in [0.2, 0.25) is 5.91 Å². The van der Waals surface area contributed by atoms with Crippen LogP contribution in [0.15, 0.2) is 49.1 Å². The van der Waals surface area contributed by atoms with Crippen molar-refractivity contribution in [2.45, 2.75) is 31.1 Å². The molecule has 8 heteroatoms. The third-order valence-corrected chi connectivity index (χ3v) is 5.86. The summed E-state index contributed by atoms with van der Waals surface area (Å²) >= 11 is 0. The number of anilines is 1. The van der Waals surface area contributed by atoms with Gasteiger partial charge in [-0.05, 0) is 48.7 Å². The van der Waals surface area contributed by atoms with Gasteiger partial charge in [-0.2, -0.15) is 5.10 Å². The van der Waals surface area contributed by atoms with Crippen LogP contribution in [-0.2, 0) is 10.2 Å². The number of hydrogen-bond acceptors (Lipinski definition) is 5. The van der Waals surface area contributed by atoms with E-state index in [9.17, 15) is 9.18 Å². The summed E-state index contributed by atoms with van der Waals surface area (Å²) in [7, 11) is 0. The van der Waals surface area contributed by atoms with E-state index in [4.69, 9.17) is 9.47 Å². The first-order valence-corrected chi connectivity index (χ1v) is 10.0. The summed E-state index contributed by atoms with van der Waals surface area (Å²) in [5, 5.41) is 6.86. The second kappa shape index (κ2) is 7.44. The maximum Gasteiger partial charge on any atom is 0.235 e. The Hall–Kier alpha value is -3.42. The molecule has 1 amide bonds. The number of fused-ring (bicyclic) bond motifs is 1. The average Bonchev–Trinajstić information content (AvgIpc) is 3.46. The van der Waals surface area contributed by atoms with Crippen LogP contribution in [0.1, 0.15) is 31.2 Å². The zero-order valence-electron chi connectivity index (χ0n) is 16.3. The first-order chi connectivity index (χ1) is 14.7. The molecule has 1 aliphatic heterocycles. The summed E-state index contributed by atoms with van der Waals surface area (Å²) in [6.07, 6.45) is 6.15. The number of aromatic nitrogens is 3. The van der Waals surface area contributed by atoms with Gasteiger partial charge in [0.15, 0.2) is 17.3 Å². The summed E-state index contributed by atoms with van der Waals surface area (Å²) < 4.78 is 27.2. The summed E-state index contributed by atoms with van der Waals surface area (Å²) in [5.41, 5.74) is 0.913. The van der Waals surface area contributed by atoms with Gasteiger partial charge in [-0.3, -0.25) is 4.79 Å². The number of carbonyl (C=O) groups is 1. The van der Waals surface area contributed by atoms with Gasteiger partial charge < -0.3 is 14.8 Å². The molecule has 5 rings (SSSR count). The van der Waals surface area contributed by atoms with Crippen molar-refractivity contribution in [3.05, 3.63) is 60.4 Å². The van der Waals surface area contributed by atoms with E-state index in [-0.39, 0.29) is 11.6 Å². The van der Waals surface area contributed by atoms with Crippen LogP contribution in [0.3, 0.4) is 0 Å². The highest BCUT2D eigenvalue weighted by Gasteiger charge is 2.43. The van der Waals surface area contributed by atoms with Gasteiger partial charge >= 0.3 is 0 Å². The fourth-order valence-electron chi connectivity index (χ4n) is 4.32. The second-order valence-electron chi connectivity index (χ2n) is 7.61. The molecule has 7 nitrogen and oxygen atoms in total. The Labute approximate surface area is 172 Å². The molecule has 1 N–H and O–H groups in total. The molecule has 0 atom stereocenters. The predicted octanol–water partition coefficient (Wildman–Crippen LogP) is 3.63. The van der Waals surface area contributed by atoms with Crippen molar-refractivity contribution in [3.63, 3.8) is 0 Å². The van der Waals surface area contributed by atoms with Crippen LogP contribution >= 0.6 is 0 Å². The van der Waals surface area contributed by atoms with Gasteiger partial charge in [-0.1, -0.05) is 18.9 Å². The normalized spacial score (nSPS) is 17.0. The Morgan fingerprint density at radius 1 is 1.07 bits per heavy atom. The Morgan fingerprint density at radius 2 is 1.87 bits per heavy atom. The molecular weight excluding hydrogens is 387 g/mol. The van der Waals surface area contributed by atoms with Crippen LogP contribution in [0.4, 0.5) is 10.1 Å². The molecule has 1 aliphatic carbocycles. The van der Waals surface area contributed by atoms with Gasteiger partial charge in [0.05, 0.1) is 5.41 Å². The summed E-state index contributed by atoms with van der Waals surface area (Å²) in [5.74, 6) is 0.744. The predicted molar refractivity (Wildman–Crippen MR) is 108 cm³/mol. The van der Waals surface area contributed by atoms with Gasteiger partial charge in [-0.15, -0.1) is 0 Å². The molecule has 1 saturated carbocycles. The van der Waals surface area contributed by atoms with Crippen LogP contribution in [0.5, 0.6) is 11.5 Å². The van der Waals surface area contributed by atoms with E-state index in [0.29, 0.717) is 30.4 Å². The Morgan fingerprint density at radius 3 is 2.60 bits per heavy atom. The lowest BCUT2D eigenvalue weighted by atomic mass is 9.77. The lowest BCUT2D eigenvalue weighted by Crippen LogP contribution is -2.38. The smallest absolute Gasteiger partial charge is 0.235 e. The van der Waals surface area contributed by atoms with E-state index in [0.717, 1.165) is 31.2 Å². The summed E-state index contributed by atoms with van der Waals surface area (Å²) in [6.45, 7) is 1.02. The molecule has 30 heavy (non-hydrogen) atoms. The zero-order chi connectivity index (χ0) is 20.6. The highest BCUT2D eigenvalue weighted by molar-refractivity contribution is 5.99. The van der Waals surface area contributed by atoms with E-state index in [1.54, 1.807) is 12.1 Å². The maximum atomic E-state index is 14.6. The first-order valence-electron chi connectivity index (χ1n) is 10.0. The molecule has 0 unspecified atom stereocenters. The number of ether oxygens (including phenoxy) is 2. The number of halogens is 1. The molecule has 2 aliphatic rings. The molecule has 0 spiro atoms. The number of benzene rings is 2. The SMILES string of the molecule is O=C(Nc1ccc(-n2cncn2)c(F)c1)C1(c2ccc3c(c2)OCCO3)CCCC1. The topological polar surface area (TPSA) is 78.3 Å². The first kappa shape index (κ1) is 18.6. The minimum Gasteiger partial charge on any atom is -0.486 e. The van der Waals surface area contributed by atoms with Crippen LogP contribution < -0.4 is 14.8 Å². The molecule has 0 saturated heterocycles. The molecule has 0 radical (unpaired) electrons. The molecule has 0 bridgehead atoms. The van der Waals surface area contributed by atoms with Crippen molar-refractivity contribution in [2.75, 3.05) is 18.5 Å². The molecule has 1 fully saturated rings. The van der Waals surface area contributed by atoms with Crippen molar-refractivity contribution < 1.29 is 18.7 Å². The molecule has 154 valence electrons.